The summed E-state index contributed by atoms with van der Waals surface area (Å²) in [5, 5.41) is 3.69. The number of hydrogen-bond donors (Lipinski definition) is 1. The van der Waals surface area contributed by atoms with E-state index in [-0.39, 0.29) is 10.8 Å². The SMILES string of the molecule is C=CC(=O)Nc1ccc(S(=O)(=O)N2CCN(c3ccc4ccccc4n3)CC2)cc1. The first-order chi connectivity index (χ1) is 14.5. The molecule has 2 aromatic carbocycles. The highest BCUT2D eigenvalue weighted by molar-refractivity contribution is 7.89. The fourth-order valence-electron chi connectivity index (χ4n) is 3.44. The van der Waals surface area contributed by atoms with E-state index in [1.165, 1.54) is 16.4 Å². The Balaban J connectivity index is 1.44. The molecule has 1 aromatic heterocycles. The van der Waals surface area contributed by atoms with Gasteiger partial charge in [-0.25, -0.2) is 13.4 Å². The molecule has 4 rings (SSSR count). The van der Waals surface area contributed by atoms with Gasteiger partial charge in [-0.05, 0) is 48.5 Å². The topological polar surface area (TPSA) is 82.6 Å². The van der Waals surface area contributed by atoms with E-state index < -0.39 is 10.0 Å². The number of nitrogens with one attached hydrogen (secondary N) is 1. The molecule has 0 aliphatic carbocycles. The molecule has 1 aliphatic heterocycles. The summed E-state index contributed by atoms with van der Waals surface area (Å²) in [6.07, 6.45) is 1.16. The molecule has 0 radical (unpaired) electrons. The van der Waals surface area contributed by atoms with Crippen LogP contribution in [0.5, 0.6) is 0 Å². The molecule has 0 saturated carbocycles. The van der Waals surface area contributed by atoms with Gasteiger partial charge in [-0.15, -0.1) is 0 Å². The van der Waals surface area contributed by atoms with Crippen molar-refractivity contribution >= 4 is 38.3 Å². The quantitative estimate of drug-likeness (QED) is 0.640. The van der Waals surface area contributed by atoms with Crippen LogP contribution in [-0.4, -0.2) is 49.8 Å². The van der Waals surface area contributed by atoms with Gasteiger partial charge in [-0.1, -0.05) is 24.8 Å². The fourth-order valence-corrected chi connectivity index (χ4v) is 4.86. The molecule has 1 aliphatic rings. The third-order valence-corrected chi connectivity index (χ3v) is 7.00. The predicted octanol–water partition coefficient (Wildman–Crippen LogP) is 2.87. The van der Waals surface area contributed by atoms with Crippen molar-refractivity contribution in [3.05, 3.63) is 73.3 Å². The number of fused-ring (bicyclic) bond motifs is 1. The lowest BCUT2D eigenvalue weighted by Crippen LogP contribution is -2.48. The summed E-state index contributed by atoms with van der Waals surface area (Å²) in [5.41, 5.74) is 1.44. The minimum absolute atomic E-state index is 0.205. The number of nitrogens with zero attached hydrogens (tertiary/aromatic N) is 3. The van der Waals surface area contributed by atoms with Gasteiger partial charge in [0.25, 0.3) is 0 Å². The van der Waals surface area contributed by atoms with E-state index in [0.29, 0.717) is 31.9 Å². The lowest BCUT2D eigenvalue weighted by Gasteiger charge is -2.34. The normalized spacial score (nSPS) is 15.1. The Morgan fingerprint density at radius 1 is 0.967 bits per heavy atom. The van der Waals surface area contributed by atoms with E-state index in [4.69, 9.17) is 4.98 Å². The van der Waals surface area contributed by atoms with Gasteiger partial charge in [0.05, 0.1) is 10.4 Å². The Labute approximate surface area is 175 Å². The van der Waals surface area contributed by atoms with Gasteiger partial charge in [0.2, 0.25) is 15.9 Å². The highest BCUT2D eigenvalue weighted by Crippen LogP contribution is 2.23. The largest absolute Gasteiger partial charge is 0.354 e. The van der Waals surface area contributed by atoms with Crippen molar-refractivity contribution in [2.75, 3.05) is 36.4 Å². The number of piperazine rings is 1. The molecule has 1 saturated heterocycles. The molecule has 30 heavy (non-hydrogen) atoms. The number of anilines is 2. The molecule has 1 amide bonds. The van der Waals surface area contributed by atoms with E-state index >= 15 is 0 Å². The van der Waals surface area contributed by atoms with E-state index in [1.807, 2.05) is 36.4 Å². The standard InChI is InChI=1S/C22H22N4O3S/c1-2-22(27)23-18-8-10-19(11-9-18)30(28,29)26-15-13-25(14-16-26)21-12-7-17-5-3-4-6-20(17)24-21/h2-12H,1,13-16H2,(H,23,27). The first-order valence-corrected chi connectivity index (χ1v) is 11.1. The van der Waals surface area contributed by atoms with Crippen LogP contribution in [0.4, 0.5) is 11.5 Å². The lowest BCUT2D eigenvalue weighted by molar-refractivity contribution is -0.111. The van der Waals surface area contributed by atoms with Crippen LogP contribution in [0.2, 0.25) is 0 Å². The highest BCUT2D eigenvalue weighted by Gasteiger charge is 2.29. The maximum Gasteiger partial charge on any atom is 0.247 e. The van der Waals surface area contributed by atoms with Crippen molar-refractivity contribution in [1.82, 2.24) is 9.29 Å². The smallest absolute Gasteiger partial charge is 0.247 e. The van der Waals surface area contributed by atoms with Gasteiger partial charge < -0.3 is 10.2 Å². The number of aromatic nitrogens is 1. The molecule has 2 heterocycles. The second-order valence-electron chi connectivity index (χ2n) is 6.97. The third kappa shape index (κ3) is 4.05. The van der Waals surface area contributed by atoms with Crippen LogP contribution >= 0.6 is 0 Å². The summed E-state index contributed by atoms with van der Waals surface area (Å²) in [6, 6.07) is 18.1. The van der Waals surface area contributed by atoms with Crippen molar-refractivity contribution in [2.45, 2.75) is 4.90 Å². The van der Waals surface area contributed by atoms with E-state index in [2.05, 4.69) is 16.8 Å². The van der Waals surface area contributed by atoms with Crippen molar-refractivity contribution in [3.63, 3.8) is 0 Å². The Morgan fingerprint density at radius 3 is 2.37 bits per heavy atom. The van der Waals surface area contributed by atoms with Crippen molar-refractivity contribution in [2.24, 2.45) is 0 Å². The molecule has 0 atom stereocenters. The predicted molar refractivity (Wildman–Crippen MR) is 118 cm³/mol. The number of para-hydroxylation sites is 1. The van der Waals surface area contributed by atoms with Crippen LogP contribution < -0.4 is 10.2 Å². The number of pyridine rings is 1. The average Bonchev–Trinajstić information content (AvgIpc) is 2.79. The molecule has 154 valence electrons. The van der Waals surface area contributed by atoms with Gasteiger partial charge >= 0.3 is 0 Å². The van der Waals surface area contributed by atoms with Crippen LogP contribution in [0.25, 0.3) is 10.9 Å². The second kappa shape index (κ2) is 8.25. The van der Waals surface area contributed by atoms with Gasteiger partial charge in [-0.3, -0.25) is 4.79 Å². The fraction of sp³-hybridized carbons (Fsp3) is 0.182. The first kappa shape index (κ1) is 20.1. The summed E-state index contributed by atoms with van der Waals surface area (Å²) in [6.45, 7) is 5.29. The number of carbonyl (C=O) groups is 1. The van der Waals surface area contributed by atoms with Crippen molar-refractivity contribution < 1.29 is 13.2 Å². The van der Waals surface area contributed by atoms with Gasteiger partial charge in [0, 0.05) is 37.3 Å². The Morgan fingerprint density at radius 2 is 1.67 bits per heavy atom. The Kier molecular flexibility index (Phi) is 5.52. The monoisotopic (exact) mass is 422 g/mol. The Hall–Kier alpha value is -3.23. The molecule has 3 aromatic rings. The first-order valence-electron chi connectivity index (χ1n) is 9.62. The van der Waals surface area contributed by atoms with E-state index in [1.54, 1.807) is 12.1 Å². The van der Waals surface area contributed by atoms with E-state index in [0.717, 1.165) is 22.8 Å². The third-order valence-electron chi connectivity index (χ3n) is 5.09. The maximum atomic E-state index is 13.0. The van der Waals surface area contributed by atoms with Gasteiger partial charge in [-0.2, -0.15) is 4.31 Å². The molecule has 0 unspecified atom stereocenters. The number of carbonyl (C=O) groups excluding carboxylic acids is 1. The highest BCUT2D eigenvalue weighted by atomic mass is 32.2. The summed E-state index contributed by atoms with van der Waals surface area (Å²) >= 11 is 0. The minimum atomic E-state index is -3.60. The van der Waals surface area contributed by atoms with Crippen LogP contribution in [0.3, 0.4) is 0 Å². The molecule has 8 heteroatoms. The minimum Gasteiger partial charge on any atom is -0.354 e. The van der Waals surface area contributed by atoms with Crippen LogP contribution in [0.1, 0.15) is 0 Å². The molecular weight excluding hydrogens is 400 g/mol. The zero-order chi connectivity index (χ0) is 21.1. The molecule has 1 N–H and O–H groups in total. The van der Waals surface area contributed by atoms with Crippen LogP contribution in [-0.2, 0) is 14.8 Å². The zero-order valence-electron chi connectivity index (χ0n) is 16.4. The zero-order valence-corrected chi connectivity index (χ0v) is 17.2. The van der Waals surface area contributed by atoms with Crippen molar-refractivity contribution in [1.29, 1.82) is 0 Å². The van der Waals surface area contributed by atoms with Crippen LogP contribution in [0.15, 0.2) is 78.2 Å². The number of sulfonamides is 1. The lowest BCUT2D eigenvalue weighted by atomic mass is 10.2. The number of amides is 1. The van der Waals surface area contributed by atoms with Crippen molar-refractivity contribution in [3.8, 4) is 0 Å². The number of rotatable bonds is 5. The molecule has 0 bridgehead atoms. The van der Waals surface area contributed by atoms with E-state index in [9.17, 15) is 13.2 Å². The molecule has 0 spiro atoms. The second-order valence-corrected chi connectivity index (χ2v) is 8.91. The number of benzene rings is 2. The van der Waals surface area contributed by atoms with Gasteiger partial charge in [0.1, 0.15) is 5.82 Å². The van der Waals surface area contributed by atoms with Crippen LogP contribution in [0, 0.1) is 0 Å². The Bertz CT molecular complexity index is 1180. The summed E-state index contributed by atoms with van der Waals surface area (Å²) < 4.78 is 27.5. The summed E-state index contributed by atoms with van der Waals surface area (Å²) in [5.74, 6) is 0.511. The number of hydrogen-bond acceptors (Lipinski definition) is 5. The molecule has 1 fully saturated rings. The summed E-state index contributed by atoms with van der Waals surface area (Å²) in [4.78, 5) is 18.4. The molecule has 7 nitrogen and oxygen atoms in total. The maximum absolute atomic E-state index is 13.0. The molecular formula is C22H22N4O3S. The summed E-state index contributed by atoms with van der Waals surface area (Å²) in [7, 11) is -3.60. The average molecular weight is 423 g/mol. The van der Waals surface area contributed by atoms with Gasteiger partial charge in [0.15, 0.2) is 0 Å².